The maximum atomic E-state index is 6.19. The molecule has 23 heavy (non-hydrogen) atoms. The largest absolute Gasteiger partial charge is 0.397 e. The fourth-order valence-corrected chi connectivity index (χ4v) is 2.38. The van der Waals surface area contributed by atoms with Gasteiger partial charge in [-0.1, -0.05) is 17.9 Å². The van der Waals surface area contributed by atoms with Crippen LogP contribution in [0.25, 0.3) is 5.70 Å². The van der Waals surface area contributed by atoms with E-state index in [0.717, 1.165) is 28.2 Å². The van der Waals surface area contributed by atoms with E-state index in [1.54, 1.807) is 6.20 Å². The zero-order valence-corrected chi connectivity index (χ0v) is 13.6. The van der Waals surface area contributed by atoms with E-state index in [1.165, 1.54) is 12.8 Å². The number of nitrogens with two attached hydrogens (primary N) is 1. The highest BCUT2D eigenvalue weighted by molar-refractivity contribution is 5.66. The summed E-state index contributed by atoms with van der Waals surface area (Å²) in [7, 11) is 1.97. The number of rotatable bonds is 4. The fourth-order valence-electron chi connectivity index (χ4n) is 2.38. The third kappa shape index (κ3) is 3.95. The molecular formula is C19H22N4. The van der Waals surface area contributed by atoms with Crippen LogP contribution in [0.1, 0.15) is 35.4 Å². The predicted octanol–water partition coefficient (Wildman–Crippen LogP) is 2.54. The average Bonchev–Trinajstić information content (AvgIpc) is 3.28. The molecule has 4 heteroatoms. The van der Waals surface area contributed by atoms with Gasteiger partial charge in [-0.3, -0.25) is 0 Å². The lowest BCUT2D eigenvalue weighted by Gasteiger charge is -2.08. The molecule has 0 bridgehead atoms. The van der Waals surface area contributed by atoms with Crippen molar-refractivity contribution >= 4 is 5.70 Å². The van der Waals surface area contributed by atoms with Crippen molar-refractivity contribution < 1.29 is 0 Å². The molecule has 3 N–H and O–H groups in total. The molecule has 0 spiro atoms. The molecule has 0 unspecified atom stereocenters. The lowest BCUT2D eigenvalue weighted by Crippen LogP contribution is -2.12. The summed E-state index contributed by atoms with van der Waals surface area (Å²) >= 11 is 0. The number of hydrogen-bond donors (Lipinski definition) is 2. The van der Waals surface area contributed by atoms with Gasteiger partial charge in [-0.15, -0.1) is 0 Å². The Hall–Kier alpha value is -2.67. The van der Waals surface area contributed by atoms with Crippen LogP contribution in [0.4, 0.5) is 0 Å². The van der Waals surface area contributed by atoms with Gasteiger partial charge in [0.05, 0.1) is 12.2 Å². The molecule has 3 rings (SSSR count). The van der Waals surface area contributed by atoms with E-state index in [-0.39, 0.29) is 0 Å². The molecule has 0 atom stereocenters. The molecule has 0 amide bonds. The molecule has 0 radical (unpaired) electrons. The van der Waals surface area contributed by atoms with E-state index >= 15 is 0 Å². The van der Waals surface area contributed by atoms with Crippen molar-refractivity contribution in [3.8, 4) is 11.8 Å². The first-order chi connectivity index (χ1) is 11.1. The predicted molar refractivity (Wildman–Crippen MR) is 93.0 cm³/mol. The molecule has 1 aromatic carbocycles. The van der Waals surface area contributed by atoms with Gasteiger partial charge in [-0.2, -0.15) is 0 Å². The maximum absolute atomic E-state index is 6.19. The van der Waals surface area contributed by atoms with Crippen LogP contribution in [0.3, 0.4) is 0 Å². The van der Waals surface area contributed by atoms with Crippen molar-refractivity contribution in [1.82, 2.24) is 14.9 Å². The van der Waals surface area contributed by atoms with Crippen molar-refractivity contribution in [2.24, 2.45) is 18.7 Å². The van der Waals surface area contributed by atoms with Gasteiger partial charge >= 0.3 is 0 Å². The minimum absolute atomic E-state index is 0.621. The Kier molecular flexibility index (Phi) is 4.38. The van der Waals surface area contributed by atoms with E-state index in [4.69, 9.17) is 5.73 Å². The van der Waals surface area contributed by atoms with Crippen LogP contribution in [0.5, 0.6) is 0 Å². The Morgan fingerprint density at radius 3 is 2.96 bits per heavy atom. The molecule has 118 valence electrons. The van der Waals surface area contributed by atoms with Crippen LogP contribution in [0, 0.1) is 24.7 Å². The third-order valence-corrected chi connectivity index (χ3v) is 3.97. The van der Waals surface area contributed by atoms with Gasteiger partial charge in [-0.05, 0) is 37.5 Å². The molecule has 1 aromatic heterocycles. The SMILES string of the molecule is Cc1cc(C#CC2CC2)ccc1/C(N)=C/NCc1nccn1C. The Bertz CT molecular complexity index is 785. The zero-order valence-electron chi connectivity index (χ0n) is 13.6. The van der Waals surface area contributed by atoms with E-state index in [9.17, 15) is 0 Å². The van der Waals surface area contributed by atoms with E-state index in [2.05, 4.69) is 35.1 Å². The minimum atomic E-state index is 0.621. The summed E-state index contributed by atoms with van der Waals surface area (Å²) in [5.41, 5.74) is 10.1. The Labute approximate surface area is 137 Å². The highest BCUT2D eigenvalue weighted by Gasteiger charge is 2.17. The molecule has 1 saturated carbocycles. The molecule has 1 heterocycles. The molecule has 1 aliphatic carbocycles. The molecule has 0 aliphatic heterocycles. The summed E-state index contributed by atoms with van der Waals surface area (Å²) in [6.07, 6.45) is 8.06. The van der Waals surface area contributed by atoms with Crippen molar-refractivity contribution in [3.05, 3.63) is 59.3 Å². The summed E-state index contributed by atoms with van der Waals surface area (Å²) in [5, 5.41) is 3.22. The van der Waals surface area contributed by atoms with Crippen LogP contribution < -0.4 is 11.1 Å². The normalized spacial score (nSPS) is 14.3. The Balaban J connectivity index is 1.66. The van der Waals surface area contributed by atoms with Gasteiger partial charge in [-0.25, -0.2) is 4.98 Å². The van der Waals surface area contributed by atoms with Crippen molar-refractivity contribution in [3.63, 3.8) is 0 Å². The highest BCUT2D eigenvalue weighted by Crippen LogP contribution is 2.27. The summed E-state index contributed by atoms with van der Waals surface area (Å²) < 4.78 is 1.98. The van der Waals surface area contributed by atoms with Crippen molar-refractivity contribution in [2.45, 2.75) is 26.3 Å². The van der Waals surface area contributed by atoms with Gasteiger partial charge in [0.15, 0.2) is 0 Å². The molecular weight excluding hydrogens is 284 g/mol. The smallest absolute Gasteiger partial charge is 0.127 e. The van der Waals surface area contributed by atoms with Crippen LogP contribution in [-0.4, -0.2) is 9.55 Å². The van der Waals surface area contributed by atoms with Gasteiger partial charge in [0.1, 0.15) is 5.82 Å². The van der Waals surface area contributed by atoms with E-state index < -0.39 is 0 Å². The number of hydrogen-bond acceptors (Lipinski definition) is 3. The highest BCUT2D eigenvalue weighted by atomic mass is 15.1. The molecule has 1 aliphatic rings. The number of aromatic nitrogens is 2. The zero-order chi connectivity index (χ0) is 16.2. The lowest BCUT2D eigenvalue weighted by molar-refractivity contribution is 0.733. The number of imidazole rings is 1. The summed E-state index contributed by atoms with van der Waals surface area (Å²) in [4.78, 5) is 4.27. The van der Waals surface area contributed by atoms with Gasteiger partial charge in [0.25, 0.3) is 0 Å². The monoisotopic (exact) mass is 306 g/mol. The second-order valence-electron chi connectivity index (χ2n) is 6.01. The van der Waals surface area contributed by atoms with Crippen LogP contribution in [-0.2, 0) is 13.6 Å². The quantitative estimate of drug-likeness (QED) is 0.854. The van der Waals surface area contributed by atoms with Crippen LogP contribution >= 0.6 is 0 Å². The van der Waals surface area contributed by atoms with E-state index in [1.807, 2.05) is 36.1 Å². The van der Waals surface area contributed by atoms with Gasteiger partial charge in [0, 0.05) is 42.7 Å². The molecule has 4 nitrogen and oxygen atoms in total. The van der Waals surface area contributed by atoms with E-state index in [0.29, 0.717) is 12.5 Å². The number of benzene rings is 1. The second-order valence-corrected chi connectivity index (χ2v) is 6.01. The topological polar surface area (TPSA) is 55.9 Å². The number of nitrogens with zero attached hydrogens (tertiary/aromatic N) is 2. The molecule has 0 saturated heterocycles. The Morgan fingerprint density at radius 1 is 1.48 bits per heavy atom. The van der Waals surface area contributed by atoms with Gasteiger partial charge < -0.3 is 15.6 Å². The average molecular weight is 306 g/mol. The van der Waals surface area contributed by atoms with Crippen molar-refractivity contribution in [1.29, 1.82) is 0 Å². The standard InChI is InChI=1S/C19H22N4/c1-14-11-16(6-5-15-3-4-15)7-8-17(14)18(20)12-21-13-19-22-9-10-23(19)2/h7-12,15,21H,3-4,13,20H2,1-2H3/b18-12-. The third-order valence-electron chi connectivity index (χ3n) is 3.97. The first-order valence-corrected chi connectivity index (χ1v) is 7.91. The number of nitrogens with one attached hydrogen (secondary N) is 1. The van der Waals surface area contributed by atoms with Crippen LogP contribution in [0.2, 0.25) is 0 Å². The minimum Gasteiger partial charge on any atom is -0.397 e. The lowest BCUT2D eigenvalue weighted by atomic mass is 10.0. The molecule has 1 fully saturated rings. The molecule has 2 aromatic rings. The summed E-state index contributed by atoms with van der Waals surface area (Å²) in [5.74, 6) is 8.12. The first kappa shape index (κ1) is 15.2. The maximum Gasteiger partial charge on any atom is 0.127 e. The first-order valence-electron chi connectivity index (χ1n) is 7.91. The summed E-state index contributed by atoms with van der Waals surface area (Å²) in [6, 6.07) is 6.18. The number of aryl methyl sites for hydroxylation is 2. The second kappa shape index (κ2) is 6.62. The Morgan fingerprint density at radius 2 is 2.30 bits per heavy atom. The summed E-state index contributed by atoms with van der Waals surface area (Å²) in [6.45, 7) is 2.71. The van der Waals surface area contributed by atoms with Gasteiger partial charge in [0.2, 0.25) is 0 Å². The van der Waals surface area contributed by atoms with Crippen LogP contribution in [0.15, 0.2) is 36.8 Å². The van der Waals surface area contributed by atoms with Crippen molar-refractivity contribution in [2.75, 3.05) is 0 Å². The fraction of sp³-hybridized carbons (Fsp3) is 0.316.